The molecule has 2 N–H and O–H groups in total. The average molecular weight is 554 g/mol. The standard InChI is InChI=1S/C28H40ClNO6S/c1-7-14-28(18-31,30-26(32)36-27(3,4)5)15-13-20-9-11-22(17-23(20)29)37-25-16-21(34-8-2)10-12-24(25)35-19-33-6/h9-12,16-17,31H,7-8,13-15,18-19H2,1-6H3,(H,30,32). The van der Waals surface area contributed by atoms with E-state index in [0.717, 1.165) is 27.5 Å². The zero-order chi connectivity index (χ0) is 27.5. The molecule has 2 rings (SSSR count). The lowest BCUT2D eigenvalue weighted by atomic mass is 9.87. The molecule has 0 saturated heterocycles. The Labute approximate surface area is 230 Å². The van der Waals surface area contributed by atoms with Crippen molar-refractivity contribution in [2.45, 2.75) is 81.2 Å². The van der Waals surface area contributed by atoms with Crippen LogP contribution in [0.3, 0.4) is 0 Å². The largest absolute Gasteiger partial charge is 0.494 e. The topological polar surface area (TPSA) is 86.3 Å². The summed E-state index contributed by atoms with van der Waals surface area (Å²) in [6.45, 7) is 9.92. The summed E-state index contributed by atoms with van der Waals surface area (Å²) in [7, 11) is 1.58. The average Bonchev–Trinajstić information content (AvgIpc) is 2.82. The molecule has 9 heteroatoms. The van der Waals surface area contributed by atoms with Crippen molar-refractivity contribution in [2.75, 3.05) is 27.1 Å². The van der Waals surface area contributed by atoms with Gasteiger partial charge in [-0.05, 0) is 82.9 Å². The zero-order valence-corrected chi connectivity index (χ0v) is 24.3. The second-order valence-electron chi connectivity index (χ2n) is 9.76. The molecule has 0 spiro atoms. The van der Waals surface area contributed by atoms with Crippen LogP contribution in [0.2, 0.25) is 5.02 Å². The monoisotopic (exact) mass is 553 g/mol. The van der Waals surface area contributed by atoms with Gasteiger partial charge in [0.25, 0.3) is 0 Å². The Bertz CT molecular complexity index is 1010. The molecule has 1 unspecified atom stereocenters. The number of methoxy groups -OCH3 is 1. The Morgan fingerprint density at radius 2 is 1.84 bits per heavy atom. The molecule has 0 heterocycles. The van der Waals surface area contributed by atoms with Crippen molar-refractivity contribution in [3.8, 4) is 11.5 Å². The molecular formula is C28H40ClNO6S. The highest BCUT2D eigenvalue weighted by Crippen LogP contribution is 2.39. The first-order chi connectivity index (χ1) is 17.5. The molecule has 0 aliphatic rings. The lowest BCUT2D eigenvalue weighted by molar-refractivity contribution is 0.0373. The number of aliphatic hydroxyl groups excluding tert-OH is 1. The molecule has 0 bridgehead atoms. The molecule has 0 saturated carbocycles. The number of ether oxygens (including phenoxy) is 4. The van der Waals surface area contributed by atoms with Crippen LogP contribution in [0.25, 0.3) is 0 Å². The quantitative estimate of drug-likeness (QED) is 0.247. The van der Waals surface area contributed by atoms with Crippen LogP contribution in [0, 0.1) is 0 Å². The minimum Gasteiger partial charge on any atom is -0.494 e. The van der Waals surface area contributed by atoms with Crippen molar-refractivity contribution in [1.82, 2.24) is 5.32 Å². The van der Waals surface area contributed by atoms with Crippen LogP contribution in [0.4, 0.5) is 4.79 Å². The third-order valence-corrected chi connectivity index (χ3v) is 6.86. The van der Waals surface area contributed by atoms with E-state index in [-0.39, 0.29) is 13.4 Å². The number of carbonyl (C=O) groups excluding carboxylic acids is 1. The molecule has 37 heavy (non-hydrogen) atoms. The molecule has 1 amide bonds. The first kappa shape index (κ1) is 31.1. The van der Waals surface area contributed by atoms with Crippen molar-refractivity contribution in [2.24, 2.45) is 0 Å². The normalized spacial score (nSPS) is 13.1. The predicted octanol–water partition coefficient (Wildman–Crippen LogP) is 6.86. The van der Waals surface area contributed by atoms with Crippen LogP contribution >= 0.6 is 23.4 Å². The first-order valence-corrected chi connectivity index (χ1v) is 13.7. The number of nitrogens with one attached hydrogen (secondary N) is 1. The maximum absolute atomic E-state index is 12.5. The molecule has 0 radical (unpaired) electrons. The number of hydrogen-bond acceptors (Lipinski definition) is 7. The van der Waals surface area contributed by atoms with Crippen molar-refractivity contribution >= 4 is 29.5 Å². The fraction of sp³-hybridized carbons (Fsp3) is 0.536. The van der Waals surface area contributed by atoms with Crippen LogP contribution in [-0.2, 0) is 15.9 Å². The van der Waals surface area contributed by atoms with Crippen LogP contribution < -0.4 is 14.8 Å². The predicted molar refractivity (Wildman–Crippen MR) is 148 cm³/mol. The Balaban J connectivity index is 2.17. The highest BCUT2D eigenvalue weighted by atomic mass is 35.5. The Hall–Kier alpha value is -2.13. The van der Waals surface area contributed by atoms with Crippen molar-refractivity contribution < 1.29 is 28.8 Å². The minimum atomic E-state index is -0.791. The molecule has 2 aromatic carbocycles. The number of hydrogen-bond donors (Lipinski definition) is 2. The number of aryl methyl sites for hydroxylation is 1. The van der Waals surface area contributed by atoms with Crippen molar-refractivity contribution in [1.29, 1.82) is 0 Å². The van der Waals surface area contributed by atoms with E-state index in [1.807, 2.05) is 71.0 Å². The third kappa shape index (κ3) is 10.3. The first-order valence-electron chi connectivity index (χ1n) is 12.5. The highest BCUT2D eigenvalue weighted by molar-refractivity contribution is 7.99. The van der Waals surface area contributed by atoms with Gasteiger partial charge in [-0.3, -0.25) is 0 Å². The number of carbonyl (C=O) groups is 1. The number of alkyl carbamates (subject to hydrolysis) is 1. The zero-order valence-electron chi connectivity index (χ0n) is 22.7. The number of benzene rings is 2. The Morgan fingerprint density at radius 1 is 1.08 bits per heavy atom. The van der Waals surface area contributed by atoms with Gasteiger partial charge < -0.3 is 29.4 Å². The second kappa shape index (κ2) is 14.7. The summed E-state index contributed by atoms with van der Waals surface area (Å²) < 4.78 is 21.9. The van der Waals surface area contributed by atoms with E-state index in [4.69, 9.17) is 30.5 Å². The van der Waals surface area contributed by atoms with E-state index in [9.17, 15) is 9.90 Å². The van der Waals surface area contributed by atoms with Crippen LogP contribution in [0.15, 0.2) is 46.2 Å². The number of halogens is 1. The summed E-state index contributed by atoms with van der Waals surface area (Å²) in [6.07, 6.45) is 1.99. The van der Waals surface area contributed by atoms with Crippen LogP contribution in [0.5, 0.6) is 11.5 Å². The molecule has 2 aromatic rings. The van der Waals surface area contributed by atoms with Gasteiger partial charge in [0, 0.05) is 17.0 Å². The van der Waals surface area contributed by atoms with Gasteiger partial charge >= 0.3 is 6.09 Å². The van der Waals surface area contributed by atoms with E-state index in [0.29, 0.717) is 36.6 Å². The van der Waals surface area contributed by atoms with Gasteiger partial charge in [0.1, 0.15) is 17.1 Å². The van der Waals surface area contributed by atoms with Gasteiger partial charge in [-0.25, -0.2) is 4.79 Å². The number of amides is 1. The maximum Gasteiger partial charge on any atom is 0.408 e. The molecule has 0 aliphatic heterocycles. The molecule has 7 nitrogen and oxygen atoms in total. The molecule has 0 fully saturated rings. The van der Waals surface area contributed by atoms with Crippen LogP contribution in [0.1, 0.15) is 59.4 Å². The third-order valence-electron chi connectivity index (χ3n) is 5.48. The smallest absolute Gasteiger partial charge is 0.408 e. The summed E-state index contributed by atoms with van der Waals surface area (Å²) in [6, 6.07) is 11.6. The molecule has 206 valence electrons. The summed E-state index contributed by atoms with van der Waals surface area (Å²) in [5, 5.41) is 13.8. The molecule has 0 aliphatic carbocycles. The maximum atomic E-state index is 12.5. The van der Waals surface area contributed by atoms with E-state index in [1.165, 1.54) is 11.8 Å². The lowest BCUT2D eigenvalue weighted by Crippen LogP contribution is -2.53. The van der Waals surface area contributed by atoms with Gasteiger partial charge in [0.05, 0.1) is 23.6 Å². The summed E-state index contributed by atoms with van der Waals surface area (Å²) >= 11 is 8.20. The van der Waals surface area contributed by atoms with Crippen molar-refractivity contribution in [3.05, 3.63) is 47.0 Å². The van der Waals surface area contributed by atoms with Gasteiger partial charge in [-0.1, -0.05) is 42.8 Å². The SMILES string of the molecule is CCCC(CO)(CCc1ccc(Sc2cc(OCC)ccc2OCOC)cc1Cl)NC(=O)OC(C)(C)C. The van der Waals surface area contributed by atoms with Crippen LogP contribution in [-0.4, -0.2) is 49.5 Å². The van der Waals surface area contributed by atoms with E-state index in [2.05, 4.69) is 5.32 Å². The van der Waals surface area contributed by atoms with E-state index >= 15 is 0 Å². The van der Waals surface area contributed by atoms with Crippen molar-refractivity contribution in [3.63, 3.8) is 0 Å². The van der Waals surface area contributed by atoms with Gasteiger partial charge in [-0.15, -0.1) is 0 Å². The fourth-order valence-corrected chi connectivity index (χ4v) is 5.12. The Kier molecular flexibility index (Phi) is 12.4. The summed E-state index contributed by atoms with van der Waals surface area (Å²) in [5.41, 5.74) is -0.476. The number of aliphatic hydroxyl groups is 1. The number of rotatable bonds is 14. The van der Waals surface area contributed by atoms with Gasteiger partial charge in [0.2, 0.25) is 0 Å². The summed E-state index contributed by atoms with van der Waals surface area (Å²) in [4.78, 5) is 14.3. The minimum absolute atomic E-state index is 0.142. The lowest BCUT2D eigenvalue weighted by Gasteiger charge is -2.34. The van der Waals surface area contributed by atoms with E-state index < -0.39 is 17.2 Å². The fourth-order valence-electron chi connectivity index (χ4n) is 3.81. The molecule has 1 atom stereocenters. The molecular weight excluding hydrogens is 514 g/mol. The van der Waals surface area contributed by atoms with Gasteiger partial charge in [0.15, 0.2) is 6.79 Å². The van der Waals surface area contributed by atoms with Gasteiger partial charge in [-0.2, -0.15) is 0 Å². The second-order valence-corrected chi connectivity index (χ2v) is 11.3. The Morgan fingerprint density at radius 3 is 2.43 bits per heavy atom. The summed E-state index contributed by atoms with van der Waals surface area (Å²) in [5.74, 6) is 1.45. The van der Waals surface area contributed by atoms with E-state index in [1.54, 1.807) is 7.11 Å². The highest BCUT2D eigenvalue weighted by Gasteiger charge is 2.32. The molecule has 0 aromatic heterocycles.